The van der Waals surface area contributed by atoms with Crippen molar-refractivity contribution in [2.75, 3.05) is 24.4 Å². The molecule has 0 spiro atoms. The maximum atomic E-state index is 13.6. The number of ether oxygens (including phenoxy) is 2. The summed E-state index contributed by atoms with van der Waals surface area (Å²) in [7, 11) is 3.15. The van der Waals surface area contributed by atoms with Crippen molar-refractivity contribution in [3.8, 4) is 6.07 Å². The number of nitriles is 1. The molecular formula is C30H38N8O5. The molecule has 2 fully saturated rings. The van der Waals surface area contributed by atoms with Gasteiger partial charge in [0.05, 0.1) is 24.4 Å². The number of hydrogen-bond donors (Lipinski definition) is 2. The van der Waals surface area contributed by atoms with Gasteiger partial charge >= 0.3 is 6.09 Å². The monoisotopic (exact) mass is 590 g/mol. The summed E-state index contributed by atoms with van der Waals surface area (Å²) in [5, 5.41) is 19.9. The van der Waals surface area contributed by atoms with Crippen molar-refractivity contribution in [3.05, 3.63) is 46.5 Å². The summed E-state index contributed by atoms with van der Waals surface area (Å²) in [4.78, 5) is 45.9. The molecule has 0 radical (unpaired) electrons. The van der Waals surface area contributed by atoms with Gasteiger partial charge in [-0.1, -0.05) is 6.42 Å². The van der Waals surface area contributed by atoms with Crippen molar-refractivity contribution in [1.29, 1.82) is 5.26 Å². The van der Waals surface area contributed by atoms with Crippen molar-refractivity contribution in [1.82, 2.24) is 24.5 Å². The minimum atomic E-state index is -0.743. The molecular weight excluding hydrogens is 552 g/mol. The number of methoxy groups -OCH3 is 1. The van der Waals surface area contributed by atoms with E-state index in [9.17, 15) is 19.6 Å². The minimum absolute atomic E-state index is 0.0577. The Morgan fingerprint density at radius 1 is 1.21 bits per heavy atom. The smallest absolute Gasteiger partial charge is 0.415 e. The Bertz CT molecular complexity index is 1620. The molecule has 0 saturated heterocycles. The number of rotatable bonds is 7. The summed E-state index contributed by atoms with van der Waals surface area (Å²) >= 11 is 0. The first kappa shape index (κ1) is 30.0. The standard InChI is InChI=1S/C30H38N8O5/c1-30(2,3)43-29(41)36(4)25-15-24(33-22-10-7-13-37(28(22)40)19-9-6-8-18(14-19)16-31)35-26-20(17-32-38(25)26)27(39)34-21-11-12-23(21)42-5/h7,10,13,15,17-19,21,23H,6,8-9,11-12,14H2,1-5H3,(H,33,35)(H,34,39)/t18-,19+,21?,23-/m0/s1. The number of nitrogens with zero attached hydrogens (tertiary/aromatic N) is 6. The normalized spacial score (nSPS) is 21.9. The highest BCUT2D eigenvalue weighted by Gasteiger charge is 2.33. The van der Waals surface area contributed by atoms with Gasteiger partial charge in [0.1, 0.15) is 28.5 Å². The Hall–Kier alpha value is -4.44. The third-order valence-corrected chi connectivity index (χ3v) is 8.00. The number of hydrogen-bond acceptors (Lipinski definition) is 9. The molecule has 228 valence electrons. The van der Waals surface area contributed by atoms with Crippen molar-refractivity contribution >= 4 is 35.0 Å². The lowest BCUT2D eigenvalue weighted by Gasteiger charge is -2.35. The highest BCUT2D eigenvalue weighted by Crippen LogP contribution is 2.32. The lowest BCUT2D eigenvalue weighted by atomic mass is 9.86. The molecule has 4 atom stereocenters. The average molecular weight is 591 g/mol. The average Bonchev–Trinajstić information content (AvgIpc) is 3.39. The molecule has 3 heterocycles. The highest BCUT2D eigenvalue weighted by molar-refractivity contribution is 6.00. The van der Waals surface area contributed by atoms with Gasteiger partial charge in [0.15, 0.2) is 5.65 Å². The fourth-order valence-corrected chi connectivity index (χ4v) is 5.56. The molecule has 2 aliphatic carbocycles. The number of fused-ring (bicyclic) bond motifs is 1. The predicted molar refractivity (Wildman–Crippen MR) is 160 cm³/mol. The summed E-state index contributed by atoms with van der Waals surface area (Å²) < 4.78 is 14.0. The summed E-state index contributed by atoms with van der Waals surface area (Å²) in [6, 6.07) is 7.13. The first-order valence-corrected chi connectivity index (χ1v) is 14.6. The Kier molecular flexibility index (Phi) is 8.41. The molecule has 3 aromatic heterocycles. The third-order valence-electron chi connectivity index (χ3n) is 8.00. The molecule has 2 saturated carbocycles. The molecule has 1 unspecified atom stereocenters. The van der Waals surface area contributed by atoms with Crippen LogP contribution in [-0.4, -0.2) is 63.1 Å². The van der Waals surface area contributed by atoms with Crippen LogP contribution in [0.2, 0.25) is 0 Å². The predicted octanol–water partition coefficient (Wildman–Crippen LogP) is 4.17. The molecule has 2 N–H and O–H groups in total. The van der Waals surface area contributed by atoms with Gasteiger partial charge in [-0.15, -0.1) is 0 Å². The Balaban J connectivity index is 1.52. The van der Waals surface area contributed by atoms with Crippen LogP contribution in [0.15, 0.2) is 35.4 Å². The van der Waals surface area contributed by atoms with Gasteiger partial charge in [0.25, 0.3) is 11.5 Å². The Morgan fingerprint density at radius 3 is 2.67 bits per heavy atom. The van der Waals surface area contributed by atoms with E-state index >= 15 is 0 Å². The number of carbonyl (C=O) groups is 2. The van der Waals surface area contributed by atoms with Gasteiger partial charge in [0, 0.05) is 38.4 Å². The van der Waals surface area contributed by atoms with Crippen LogP contribution >= 0.6 is 0 Å². The first-order chi connectivity index (χ1) is 20.5. The third kappa shape index (κ3) is 6.34. The summed E-state index contributed by atoms with van der Waals surface area (Å²) in [6.45, 7) is 5.30. The summed E-state index contributed by atoms with van der Waals surface area (Å²) in [5.74, 6) is 0.0605. The number of pyridine rings is 1. The molecule has 0 aromatic carbocycles. The Labute approximate surface area is 249 Å². The van der Waals surface area contributed by atoms with Crippen LogP contribution in [0, 0.1) is 17.2 Å². The van der Waals surface area contributed by atoms with E-state index in [1.54, 1.807) is 56.8 Å². The van der Waals surface area contributed by atoms with E-state index in [2.05, 4.69) is 26.8 Å². The topological polar surface area (TPSA) is 156 Å². The first-order valence-electron chi connectivity index (χ1n) is 14.6. The molecule has 13 nitrogen and oxygen atoms in total. The quantitative estimate of drug-likeness (QED) is 0.412. The van der Waals surface area contributed by atoms with E-state index < -0.39 is 11.7 Å². The lowest BCUT2D eigenvalue weighted by Crippen LogP contribution is -2.51. The van der Waals surface area contributed by atoms with Gasteiger partial charge < -0.3 is 24.7 Å². The molecule has 43 heavy (non-hydrogen) atoms. The van der Waals surface area contributed by atoms with Crippen LogP contribution in [0.5, 0.6) is 0 Å². The van der Waals surface area contributed by atoms with Gasteiger partial charge in [0.2, 0.25) is 0 Å². The van der Waals surface area contributed by atoms with Crippen LogP contribution in [0.25, 0.3) is 5.65 Å². The zero-order valence-electron chi connectivity index (χ0n) is 25.2. The van der Waals surface area contributed by atoms with E-state index in [4.69, 9.17) is 9.47 Å². The van der Waals surface area contributed by atoms with Crippen LogP contribution < -0.4 is 21.1 Å². The van der Waals surface area contributed by atoms with Crippen LogP contribution in [0.4, 0.5) is 22.1 Å². The maximum absolute atomic E-state index is 13.6. The fraction of sp³-hybridized carbons (Fsp3) is 0.533. The van der Waals surface area contributed by atoms with E-state index in [0.717, 1.165) is 32.1 Å². The van der Waals surface area contributed by atoms with Crippen LogP contribution in [-0.2, 0) is 9.47 Å². The summed E-state index contributed by atoms with van der Waals surface area (Å²) in [5.41, 5.74) is -0.321. The second-order valence-corrected chi connectivity index (χ2v) is 12.2. The zero-order chi connectivity index (χ0) is 30.9. The van der Waals surface area contributed by atoms with E-state index in [1.807, 2.05) is 0 Å². The SMILES string of the molecule is CO[C@H]1CCC1NC(=O)c1cnn2c(N(C)C(=O)OC(C)(C)C)cc(Nc3cccn([C@@H]4CCC[C@H](C#N)C4)c3=O)nc12. The van der Waals surface area contributed by atoms with Crippen molar-refractivity contribution in [2.45, 2.75) is 83.1 Å². The van der Waals surface area contributed by atoms with Gasteiger partial charge in [-0.25, -0.2) is 9.78 Å². The van der Waals surface area contributed by atoms with Crippen molar-refractivity contribution in [2.24, 2.45) is 5.92 Å². The van der Waals surface area contributed by atoms with E-state index in [-0.39, 0.29) is 64.1 Å². The van der Waals surface area contributed by atoms with Gasteiger partial charge in [-0.2, -0.15) is 14.9 Å². The number of carbonyl (C=O) groups excluding carboxylic acids is 2. The maximum Gasteiger partial charge on any atom is 0.415 e. The van der Waals surface area contributed by atoms with Crippen LogP contribution in [0.3, 0.4) is 0 Å². The molecule has 0 aliphatic heterocycles. The minimum Gasteiger partial charge on any atom is -0.443 e. The van der Waals surface area contributed by atoms with Crippen molar-refractivity contribution in [3.63, 3.8) is 0 Å². The number of amides is 2. The molecule has 0 bridgehead atoms. The number of anilines is 3. The van der Waals surface area contributed by atoms with Gasteiger partial charge in [-0.05, 0) is 65.0 Å². The van der Waals surface area contributed by atoms with E-state index in [1.165, 1.54) is 22.7 Å². The zero-order valence-corrected chi connectivity index (χ0v) is 25.2. The molecule has 2 amide bonds. The second kappa shape index (κ2) is 12.0. The Morgan fingerprint density at radius 2 is 2.00 bits per heavy atom. The number of aromatic nitrogens is 4. The van der Waals surface area contributed by atoms with Crippen LogP contribution in [0.1, 0.15) is 75.7 Å². The highest BCUT2D eigenvalue weighted by atomic mass is 16.6. The van der Waals surface area contributed by atoms with Crippen molar-refractivity contribution < 1.29 is 19.1 Å². The molecule has 3 aromatic rings. The van der Waals surface area contributed by atoms with Gasteiger partial charge in [-0.3, -0.25) is 14.5 Å². The van der Waals surface area contributed by atoms with E-state index in [0.29, 0.717) is 6.42 Å². The molecule has 13 heteroatoms. The fourth-order valence-electron chi connectivity index (χ4n) is 5.56. The molecule has 5 rings (SSSR count). The molecule has 2 aliphatic rings. The number of nitrogens with one attached hydrogen (secondary N) is 2. The largest absolute Gasteiger partial charge is 0.443 e. The second-order valence-electron chi connectivity index (χ2n) is 12.2. The summed E-state index contributed by atoms with van der Waals surface area (Å²) in [6.07, 6.45) is 7.27. The lowest BCUT2D eigenvalue weighted by molar-refractivity contribution is 0.00732.